The third kappa shape index (κ3) is 3.73. The van der Waals surface area contributed by atoms with Crippen molar-refractivity contribution >= 4 is 17.6 Å². The van der Waals surface area contributed by atoms with Crippen LogP contribution in [-0.4, -0.2) is 31.2 Å². The van der Waals surface area contributed by atoms with E-state index in [9.17, 15) is 9.59 Å². The first-order valence-electron chi connectivity index (χ1n) is 10.4. The highest BCUT2D eigenvalue weighted by atomic mass is 16.6. The average Bonchev–Trinajstić information content (AvgIpc) is 2.82. The van der Waals surface area contributed by atoms with Crippen LogP contribution in [0.1, 0.15) is 24.0 Å². The summed E-state index contributed by atoms with van der Waals surface area (Å²) in [4.78, 5) is 25.9. The Morgan fingerprint density at radius 2 is 1.50 bits per heavy atom. The standard InChI is InChI=1S/C25H21NO6/c1-15(24(27)26-16-10-11-21-22(14-16)30-13-12-29-21)31-25(28)23-17-6-2-4-8-19(17)32-20-9-5-3-7-18(20)23/h2-11,14-15,23H,12-13H2,1H3,(H,26,27)/t15-/m1/s1. The van der Waals surface area contributed by atoms with Gasteiger partial charge in [0.25, 0.3) is 5.91 Å². The van der Waals surface area contributed by atoms with Gasteiger partial charge in [-0.1, -0.05) is 36.4 Å². The fourth-order valence-corrected chi connectivity index (χ4v) is 3.82. The van der Waals surface area contributed by atoms with E-state index in [-0.39, 0.29) is 0 Å². The maximum absolute atomic E-state index is 13.2. The topological polar surface area (TPSA) is 83.1 Å². The molecule has 0 aromatic heterocycles. The van der Waals surface area contributed by atoms with E-state index in [1.807, 2.05) is 48.5 Å². The maximum atomic E-state index is 13.2. The van der Waals surface area contributed by atoms with E-state index in [2.05, 4.69) is 5.32 Å². The number of amides is 1. The molecule has 7 nitrogen and oxygen atoms in total. The van der Waals surface area contributed by atoms with Gasteiger partial charge in [0.15, 0.2) is 17.6 Å². The van der Waals surface area contributed by atoms with Gasteiger partial charge in [-0.2, -0.15) is 0 Å². The van der Waals surface area contributed by atoms with E-state index in [4.69, 9.17) is 18.9 Å². The van der Waals surface area contributed by atoms with Gasteiger partial charge in [0.1, 0.15) is 30.6 Å². The predicted molar refractivity (Wildman–Crippen MR) is 116 cm³/mol. The second-order valence-corrected chi connectivity index (χ2v) is 7.54. The van der Waals surface area contributed by atoms with E-state index in [1.54, 1.807) is 25.1 Å². The molecule has 1 atom stereocenters. The summed E-state index contributed by atoms with van der Waals surface area (Å²) in [6, 6.07) is 19.8. The third-order valence-electron chi connectivity index (χ3n) is 5.39. The highest BCUT2D eigenvalue weighted by molar-refractivity contribution is 5.96. The molecule has 162 valence electrons. The molecule has 0 radical (unpaired) electrons. The van der Waals surface area contributed by atoms with Crippen LogP contribution in [0.3, 0.4) is 0 Å². The van der Waals surface area contributed by atoms with Gasteiger partial charge in [-0.15, -0.1) is 0 Å². The van der Waals surface area contributed by atoms with Crippen LogP contribution < -0.4 is 19.5 Å². The van der Waals surface area contributed by atoms with E-state index >= 15 is 0 Å². The molecule has 0 bridgehead atoms. The predicted octanol–water partition coefficient (Wildman–Crippen LogP) is 4.27. The molecule has 1 amide bonds. The fraction of sp³-hybridized carbons (Fsp3) is 0.200. The molecule has 5 rings (SSSR count). The summed E-state index contributed by atoms with van der Waals surface area (Å²) in [5.41, 5.74) is 1.94. The van der Waals surface area contributed by atoms with E-state index in [1.165, 1.54) is 0 Å². The first-order valence-corrected chi connectivity index (χ1v) is 10.4. The van der Waals surface area contributed by atoms with Crippen molar-refractivity contribution in [1.82, 2.24) is 0 Å². The van der Waals surface area contributed by atoms with Gasteiger partial charge in [0.2, 0.25) is 0 Å². The second kappa shape index (κ2) is 8.26. The Hall–Kier alpha value is -4.00. The van der Waals surface area contributed by atoms with Crippen molar-refractivity contribution in [2.45, 2.75) is 18.9 Å². The summed E-state index contributed by atoms with van der Waals surface area (Å²) in [5, 5.41) is 2.76. The molecule has 3 aromatic rings. The number of carbonyl (C=O) groups is 2. The average molecular weight is 431 g/mol. The Morgan fingerprint density at radius 3 is 2.19 bits per heavy atom. The van der Waals surface area contributed by atoms with Crippen molar-refractivity contribution in [1.29, 1.82) is 0 Å². The minimum Gasteiger partial charge on any atom is -0.486 e. The molecule has 0 spiro atoms. The normalized spacial score (nSPS) is 14.9. The summed E-state index contributed by atoms with van der Waals surface area (Å²) in [7, 11) is 0. The van der Waals surface area contributed by atoms with Crippen LogP contribution in [0, 0.1) is 0 Å². The molecule has 2 aliphatic rings. The number of hydrogen-bond donors (Lipinski definition) is 1. The van der Waals surface area contributed by atoms with Gasteiger partial charge >= 0.3 is 5.97 Å². The molecule has 3 aromatic carbocycles. The maximum Gasteiger partial charge on any atom is 0.318 e. The highest BCUT2D eigenvalue weighted by Gasteiger charge is 2.35. The number of carbonyl (C=O) groups excluding carboxylic acids is 2. The largest absolute Gasteiger partial charge is 0.486 e. The van der Waals surface area contributed by atoms with E-state index in [0.29, 0.717) is 53.0 Å². The number of benzene rings is 3. The summed E-state index contributed by atoms with van der Waals surface area (Å²) in [5.74, 6) is 0.755. The summed E-state index contributed by atoms with van der Waals surface area (Å²) in [6.07, 6.45) is -1.00. The fourth-order valence-electron chi connectivity index (χ4n) is 3.82. The van der Waals surface area contributed by atoms with Crippen molar-refractivity contribution in [3.8, 4) is 23.0 Å². The number of fused-ring (bicyclic) bond motifs is 3. The first kappa shape index (κ1) is 19.9. The minimum absolute atomic E-state index is 0.441. The number of rotatable bonds is 4. The van der Waals surface area contributed by atoms with E-state index < -0.39 is 23.9 Å². The van der Waals surface area contributed by atoms with Crippen LogP contribution in [-0.2, 0) is 14.3 Å². The lowest BCUT2D eigenvalue weighted by atomic mass is 9.88. The minimum atomic E-state index is -1.00. The SMILES string of the molecule is C[C@@H](OC(=O)C1c2ccccc2Oc2ccccc21)C(=O)Nc1ccc2c(c1)OCCO2. The summed E-state index contributed by atoms with van der Waals surface area (Å²) in [6.45, 7) is 2.49. The van der Waals surface area contributed by atoms with Crippen molar-refractivity contribution in [3.63, 3.8) is 0 Å². The van der Waals surface area contributed by atoms with Crippen LogP contribution in [0.5, 0.6) is 23.0 Å². The molecule has 0 unspecified atom stereocenters. The third-order valence-corrected chi connectivity index (χ3v) is 5.39. The quantitative estimate of drug-likeness (QED) is 0.622. The highest BCUT2D eigenvalue weighted by Crippen LogP contribution is 2.44. The molecule has 0 aliphatic carbocycles. The van der Waals surface area contributed by atoms with Gasteiger partial charge in [-0.3, -0.25) is 9.59 Å². The molecule has 0 saturated carbocycles. The van der Waals surface area contributed by atoms with Gasteiger partial charge in [0, 0.05) is 22.9 Å². The Morgan fingerprint density at radius 1 is 0.875 bits per heavy atom. The number of anilines is 1. The molecule has 0 fully saturated rings. The zero-order chi connectivity index (χ0) is 22.1. The monoisotopic (exact) mass is 431 g/mol. The van der Waals surface area contributed by atoms with Gasteiger partial charge in [0.05, 0.1) is 0 Å². The zero-order valence-electron chi connectivity index (χ0n) is 17.4. The Labute approximate surface area is 184 Å². The number of esters is 1. The van der Waals surface area contributed by atoms with E-state index in [0.717, 1.165) is 0 Å². The Balaban J connectivity index is 1.32. The Kier molecular flexibility index (Phi) is 5.15. The number of ether oxygens (including phenoxy) is 4. The van der Waals surface area contributed by atoms with Gasteiger partial charge in [-0.05, 0) is 31.2 Å². The number of hydrogen-bond acceptors (Lipinski definition) is 6. The first-order chi connectivity index (χ1) is 15.6. The van der Waals surface area contributed by atoms with Crippen molar-refractivity contribution in [2.75, 3.05) is 18.5 Å². The molecule has 1 N–H and O–H groups in total. The van der Waals surface area contributed by atoms with Crippen LogP contribution >= 0.6 is 0 Å². The number of nitrogens with one attached hydrogen (secondary N) is 1. The molecule has 2 aliphatic heterocycles. The second-order valence-electron chi connectivity index (χ2n) is 7.54. The van der Waals surface area contributed by atoms with Crippen molar-refractivity contribution < 1.29 is 28.5 Å². The molecule has 32 heavy (non-hydrogen) atoms. The van der Waals surface area contributed by atoms with Crippen LogP contribution in [0.15, 0.2) is 66.7 Å². The molecule has 2 heterocycles. The molecule has 0 saturated heterocycles. The lowest BCUT2D eigenvalue weighted by Gasteiger charge is -2.27. The molecular weight excluding hydrogens is 410 g/mol. The van der Waals surface area contributed by atoms with Gasteiger partial charge < -0.3 is 24.3 Å². The van der Waals surface area contributed by atoms with Gasteiger partial charge in [-0.25, -0.2) is 0 Å². The van der Waals surface area contributed by atoms with Crippen LogP contribution in [0.4, 0.5) is 5.69 Å². The Bertz CT molecular complexity index is 1150. The van der Waals surface area contributed by atoms with Crippen LogP contribution in [0.2, 0.25) is 0 Å². The molecule has 7 heteroatoms. The number of para-hydroxylation sites is 2. The smallest absolute Gasteiger partial charge is 0.318 e. The van der Waals surface area contributed by atoms with Crippen molar-refractivity contribution in [3.05, 3.63) is 77.9 Å². The summed E-state index contributed by atoms with van der Waals surface area (Å²) < 4.78 is 22.5. The molecular formula is C25H21NO6. The van der Waals surface area contributed by atoms with Crippen LogP contribution in [0.25, 0.3) is 0 Å². The lowest BCUT2D eigenvalue weighted by molar-refractivity contribution is -0.153. The lowest BCUT2D eigenvalue weighted by Crippen LogP contribution is -2.32. The van der Waals surface area contributed by atoms with Crippen molar-refractivity contribution in [2.24, 2.45) is 0 Å². The summed E-state index contributed by atoms with van der Waals surface area (Å²) >= 11 is 0. The zero-order valence-corrected chi connectivity index (χ0v) is 17.4.